The van der Waals surface area contributed by atoms with E-state index in [9.17, 15) is 10.1 Å². The summed E-state index contributed by atoms with van der Waals surface area (Å²) < 4.78 is 11.3. The van der Waals surface area contributed by atoms with Gasteiger partial charge in [0.2, 0.25) is 0 Å². The van der Waals surface area contributed by atoms with Gasteiger partial charge in [-0.3, -0.25) is 10.1 Å². The van der Waals surface area contributed by atoms with Gasteiger partial charge in [-0.2, -0.15) is 0 Å². The summed E-state index contributed by atoms with van der Waals surface area (Å²) in [6.07, 6.45) is 0. The Kier molecular flexibility index (Phi) is 3.85. The van der Waals surface area contributed by atoms with E-state index in [1.165, 1.54) is 12.1 Å². The maximum Gasteiger partial charge on any atom is 0.269 e. The number of nitro groups is 1. The number of nitro benzene ring substituents is 1. The van der Waals surface area contributed by atoms with Crippen LogP contribution in [0.4, 0.5) is 5.69 Å². The lowest BCUT2D eigenvalue weighted by atomic mass is 10.1. The molecule has 0 unspecified atom stereocenters. The first-order valence-corrected chi connectivity index (χ1v) is 7.09. The van der Waals surface area contributed by atoms with Crippen molar-refractivity contribution in [3.05, 3.63) is 70.3 Å². The summed E-state index contributed by atoms with van der Waals surface area (Å²) in [6.45, 7) is 1.79. The van der Waals surface area contributed by atoms with Crippen LogP contribution in [0, 0.1) is 17.0 Å². The number of non-ortho nitro benzene ring substituents is 1. The van der Waals surface area contributed by atoms with Crippen molar-refractivity contribution in [2.75, 3.05) is 7.11 Å². The van der Waals surface area contributed by atoms with E-state index in [0.717, 1.165) is 16.5 Å². The van der Waals surface area contributed by atoms with Gasteiger partial charge in [0.15, 0.2) is 0 Å². The van der Waals surface area contributed by atoms with Gasteiger partial charge in [-0.15, -0.1) is 0 Å². The van der Waals surface area contributed by atoms with E-state index in [2.05, 4.69) is 0 Å². The Hall–Kier alpha value is -3.08. The van der Waals surface area contributed by atoms with Gasteiger partial charge in [0.25, 0.3) is 5.69 Å². The van der Waals surface area contributed by atoms with Gasteiger partial charge in [-0.1, -0.05) is 24.3 Å². The summed E-state index contributed by atoms with van der Waals surface area (Å²) in [7, 11) is 1.63. The normalized spacial score (nSPS) is 10.5. The first-order valence-electron chi connectivity index (χ1n) is 7.09. The number of ether oxygens (including phenoxy) is 2. The summed E-state index contributed by atoms with van der Waals surface area (Å²) in [5.74, 6) is 2.04. The van der Waals surface area contributed by atoms with Gasteiger partial charge in [-0.05, 0) is 30.7 Å². The predicted octanol–water partition coefficient (Wildman–Crippen LogP) is 4.86. The van der Waals surface area contributed by atoms with Crippen molar-refractivity contribution in [1.29, 1.82) is 0 Å². The maximum absolute atomic E-state index is 10.8. The lowest BCUT2D eigenvalue weighted by Gasteiger charge is -2.13. The zero-order valence-corrected chi connectivity index (χ0v) is 12.8. The van der Waals surface area contributed by atoms with Crippen molar-refractivity contribution in [1.82, 2.24) is 0 Å². The van der Waals surface area contributed by atoms with Crippen molar-refractivity contribution < 1.29 is 14.4 Å². The number of methoxy groups -OCH3 is 1. The molecule has 0 aliphatic rings. The van der Waals surface area contributed by atoms with Crippen LogP contribution in [-0.2, 0) is 0 Å². The lowest BCUT2D eigenvalue weighted by Crippen LogP contribution is -1.93. The van der Waals surface area contributed by atoms with Crippen LogP contribution in [0.3, 0.4) is 0 Å². The molecule has 23 heavy (non-hydrogen) atoms. The molecule has 0 bridgehead atoms. The summed E-state index contributed by atoms with van der Waals surface area (Å²) in [5.41, 5.74) is 0.758. The SMILES string of the molecule is COc1ccc(Oc2ccc([N+](=O)[O-])cc2C)c2ccccc12. The second-order valence-corrected chi connectivity index (χ2v) is 5.12. The van der Waals surface area contributed by atoms with E-state index in [4.69, 9.17) is 9.47 Å². The number of hydrogen-bond donors (Lipinski definition) is 0. The first kappa shape index (κ1) is 14.8. The van der Waals surface area contributed by atoms with Crippen LogP contribution >= 0.6 is 0 Å². The molecule has 0 saturated carbocycles. The van der Waals surface area contributed by atoms with E-state index in [1.54, 1.807) is 20.1 Å². The van der Waals surface area contributed by atoms with Crippen LogP contribution in [0.5, 0.6) is 17.2 Å². The van der Waals surface area contributed by atoms with Gasteiger partial charge < -0.3 is 9.47 Å². The fourth-order valence-corrected chi connectivity index (χ4v) is 2.49. The second-order valence-electron chi connectivity index (χ2n) is 5.12. The third-order valence-corrected chi connectivity index (χ3v) is 3.65. The average molecular weight is 309 g/mol. The highest BCUT2D eigenvalue weighted by Gasteiger charge is 2.12. The van der Waals surface area contributed by atoms with E-state index in [-0.39, 0.29) is 5.69 Å². The van der Waals surface area contributed by atoms with E-state index in [0.29, 0.717) is 17.1 Å². The molecule has 0 amide bonds. The average Bonchev–Trinajstić information content (AvgIpc) is 2.56. The standard InChI is InChI=1S/C18H15NO4/c1-12-11-13(19(20)21)7-8-16(12)23-18-10-9-17(22-2)14-5-3-4-6-15(14)18/h3-11H,1-2H3. The number of benzene rings is 3. The van der Waals surface area contributed by atoms with Gasteiger partial charge in [0.1, 0.15) is 17.2 Å². The molecule has 0 aliphatic carbocycles. The summed E-state index contributed by atoms with van der Waals surface area (Å²) in [5, 5.41) is 12.7. The number of nitrogens with zero attached hydrogens (tertiary/aromatic N) is 1. The molecule has 3 aromatic rings. The zero-order chi connectivity index (χ0) is 16.4. The fourth-order valence-electron chi connectivity index (χ4n) is 2.49. The minimum Gasteiger partial charge on any atom is -0.496 e. The Morgan fingerprint density at radius 3 is 2.13 bits per heavy atom. The predicted molar refractivity (Wildman–Crippen MR) is 88.4 cm³/mol. The lowest BCUT2D eigenvalue weighted by molar-refractivity contribution is -0.384. The third kappa shape index (κ3) is 2.81. The Bertz CT molecular complexity index is 889. The Morgan fingerprint density at radius 2 is 1.52 bits per heavy atom. The van der Waals surface area contributed by atoms with E-state index >= 15 is 0 Å². The fraction of sp³-hybridized carbons (Fsp3) is 0.111. The first-order chi connectivity index (χ1) is 11.1. The molecule has 0 aliphatic heterocycles. The Labute approximate surface area is 133 Å². The number of rotatable bonds is 4. The minimum atomic E-state index is -0.417. The van der Waals surface area contributed by atoms with Crippen molar-refractivity contribution in [3.63, 3.8) is 0 Å². The molecule has 0 fully saturated rings. The number of hydrogen-bond acceptors (Lipinski definition) is 4. The smallest absolute Gasteiger partial charge is 0.269 e. The highest BCUT2D eigenvalue weighted by molar-refractivity contribution is 5.93. The van der Waals surface area contributed by atoms with Crippen LogP contribution in [-0.4, -0.2) is 12.0 Å². The third-order valence-electron chi connectivity index (χ3n) is 3.65. The topological polar surface area (TPSA) is 61.6 Å². The van der Waals surface area contributed by atoms with Crippen molar-refractivity contribution in [2.24, 2.45) is 0 Å². The van der Waals surface area contributed by atoms with Gasteiger partial charge in [0.05, 0.1) is 12.0 Å². The van der Waals surface area contributed by atoms with Crippen LogP contribution in [0.1, 0.15) is 5.56 Å². The molecule has 3 rings (SSSR count). The molecule has 0 atom stereocenters. The van der Waals surface area contributed by atoms with Gasteiger partial charge in [0, 0.05) is 22.9 Å². The summed E-state index contributed by atoms with van der Waals surface area (Å²) in [6, 6.07) is 16.0. The number of aryl methyl sites for hydroxylation is 1. The second kappa shape index (κ2) is 5.96. The molecule has 0 spiro atoms. The van der Waals surface area contributed by atoms with Crippen molar-refractivity contribution >= 4 is 16.5 Å². The van der Waals surface area contributed by atoms with Gasteiger partial charge in [-0.25, -0.2) is 0 Å². The molecular formula is C18H15NO4. The maximum atomic E-state index is 10.8. The van der Waals surface area contributed by atoms with Gasteiger partial charge >= 0.3 is 0 Å². The quantitative estimate of drug-likeness (QED) is 0.510. The molecule has 5 nitrogen and oxygen atoms in total. The monoisotopic (exact) mass is 309 g/mol. The summed E-state index contributed by atoms with van der Waals surface area (Å²) >= 11 is 0. The molecule has 3 aromatic carbocycles. The Morgan fingerprint density at radius 1 is 0.913 bits per heavy atom. The number of fused-ring (bicyclic) bond motifs is 1. The molecule has 116 valence electrons. The minimum absolute atomic E-state index is 0.0504. The molecule has 0 aromatic heterocycles. The van der Waals surface area contributed by atoms with E-state index in [1.807, 2.05) is 36.4 Å². The summed E-state index contributed by atoms with van der Waals surface area (Å²) in [4.78, 5) is 10.4. The van der Waals surface area contributed by atoms with Crippen LogP contribution in [0.25, 0.3) is 10.8 Å². The molecule has 0 radical (unpaired) electrons. The van der Waals surface area contributed by atoms with E-state index < -0.39 is 4.92 Å². The zero-order valence-electron chi connectivity index (χ0n) is 12.8. The molecule has 0 saturated heterocycles. The van der Waals surface area contributed by atoms with Crippen LogP contribution in [0.15, 0.2) is 54.6 Å². The highest BCUT2D eigenvalue weighted by atomic mass is 16.6. The van der Waals surface area contributed by atoms with Crippen LogP contribution < -0.4 is 9.47 Å². The highest BCUT2D eigenvalue weighted by Crippen LogP contribution is 2.36. The van der Waals surface area contributed by atoms with Crippen molar-refractivity contribution in [2.45, 2.75) is 6.92 Å². The van der Waals surface area contributed by atoms with Crippen LogP contribution in [0.2, 0.25) is 0 Å². The molecule has 0 N–H and O–H groups in total. The largest absolute Gasteiger partial charge is 0.496 e. The molecule has 5 heteroatoms. The molecular weight excluding hydrogens is 294 g/mol. The van der Waals surface area contributed by atoms with Crippen molar-refractivity contribution in [3.8, 4) is 17.2 Å². The Balaban J connectivity index is 2.04. The molecule has 0 heterocycles.